The molecule has 18 heavy (non-hydrogen) atoms. The summed E-state index contributed by atoms with van der Waals surface area (Å²) in [5.41, 5.74) is 6.95. The number of nitrogen functional groups attached to an aromatic ring is 1. The summed E-state index contributed by atoms with van der Waals surface area (Å²) in [4.78, 5) is 10.6. The number of aliphatic hydroxyl groups excluding tert-OH is 1. The summed E-state index contributed by atoms with van der Waals surface area (Å²) in [6.07, 6.45) is 4.09. The molecule has 0 aliphatic carbocycles. The van der Waals surface area contributed by atoms with Crippen molar-refractivity contribution in [2.24, 2.45) is 5.92 Å². The van der Waals surface area contributed by atoms with Gasteiger partial charge in [0.05, 0.1) is 6.10 Å². The Hall–Kier alpha value is -1.36. The number of piperidine rings is 1. The van der Waals surface area contributed by atoms with Gasteiger partial charge < -0.3 is 15.7 Å². The first-order chi connectivity index (χ1) is 8.63. The maximum atomic E-state index is 9.98. The topological polar surface area (TPSA) is 75.3 Å². The van der Waals surface area contributed by atoms with Crippen LogP contribution < -0.4 is 10.6 Å². The number of hydrogen-bond acceptors (Lipinski definition) is 5. The van der Waals surface area contributed by atoms with Crippen LogP contribution in [-0.4, -0.2) is 34.3 Å². The highest BCUT2D eigenvalue weighted by Gasteiger charge is 2.26. The molecule has 2 heterocycles. The first-order valence-electron chi connectivity index (χ1n) is 6.65. The van der Waals surface area contributed by atoms with Crippen LogP contribution in [-0.2, 0) is 6.42 Å². The van der Waals surface area contributed by atoms with Crippen LogP contribution in [0, 0.1) is 5.92 Å². The fraction of sp³-hybridized carbons (Fsp3) is 0.692. The molecule has 0 saturated carbocycles. The van der Waals surface area contributed by atoms with Crippen LogP contribution in [0.5, 0.6) is 0 Å². The molecule has 3 N–H and O–H groups in total. The van der Waals surface area contributed by atoms with E-state index in [-0.39, 0.29) is 6.10 Å². The highest BCUT2D eigenvalue weighted by atomic mass is 16.3. The Labute approximate surface area is 108 Å². The van der Waals surface area contributed by atoms with Crippen LogP contribution in [0.15, 0.2) is 6.33 Å². The Morgan fingerprint density at radius 1 is 1.50 bits per heavy atom. The second-order valence-corrected chi connectivity index (χ2v) is 5.09. The maximum Gasteiger partial charge on any atom is 0.137 e. The van der Waals surface area contributed by atoms with Crippen molar-refractivity contribution in [3.05, 3.63) is 11.9 Å². The number of hydrogen-bond donors (Lipinski definition) is 2. The lowest BCUT2D eigenvalue weighted by molar-refractivity contribution is 0.102. The Morgan fingerprint density at radius 2 is 2.28 bits per heavy atom. The molecule has 5 nitrogen and oxygen atoms in total. The van der Waals surface area contributed by atoms with E-state index in [9.17, 15) is 5.11 Å². The Balaban J connectivity index is 2.25. The van der Waals surface area contributed by atoms with Crippen LogP contribution in [0.25, 0.3) is 0 Å². The van der Waals surface area contributed by atoms with E-state index in [4.69, 9.17) is 5.73 Å². The van der Waals surface area contributed by atoms with E-state index in [1.165, 1.54) is 6.33 Å². The van der Waals surface area contributed by atoms with E-state index in [1.807, 2.05) is 0 Å². The summed E-state index contributed by atoms with van der Waals surface area (Å²) < 4.78 is 0. The van der Waals surface area contributed by atoms with Crippen molar-refractivity contribution in [2.75, 3.05) is 23.7 Å². The van der Waals surface area contributed by atoms with Gasteiger partial charge in [-0.1, -0.05) is 20.3 Å². The normalized spacial score (nSPS) is 24.3. The molecule has 1 aromatic rings. The number of β-amino-alcohol motifs (C(OH)–C–C–N with tert-alkyl or cyclic N) is 1. The number of anilines is 2. The number of nitrogens with zero attached hydrogens (tertiary/aromatic N) is 3. The van der Waals surface area contributed by atoms with Gasteiger partial charge in [0.25, 0.3) is 0 Å². The summed E-state index contributed by atoms with van der Waals surface area (Å²) in [7, 11) is 0. The molecule has 5 heteroatoms. The lowest BCUT2D eigenvalue weighted by atomic mass is 9.95. The van der Waals surface area contributed by atoms with Gasteiger partial charge in [-0.05, 0) is 18.8 Å². The molecule has 0 bridgehead atoms. The molecular weight excluding hydrogens is 228 g/mol. The average Bonchev–Trinajstić information content (AvgIpc) is 2.35. The molecule has 1 aliphatic heterocycles. The van der Waals surface area contributed by atoms with Gasteiger partial charge in [0, 0.05) is 18.7 Å². The monoisotopic (exact) mass is 250 g/mol. The Kier molecular flexibility index (Phi) is 4.01. The molecule has 2 unspecified atom stereocenters. The van der Waals surface area contributed by atoms with E-state index in [2.05, 4.69) is 28.7 Å². The van der Waals surface area contributed by atoms with Gasteiger partial charge in [-0.2, -0.15) is 0 Å². The van der Waals surface area contributed by atoms with E-state index in [0.29, 0.717) is 18.3 Å². The van der Waals surface area contributed by atoms with Crippen LogP contribution in [0.4, 0.5) is 11.6 Å². The smallest absolute Gasteiger partial charge is 0.137 e. The molecule has 0 amide bonds. The molecule has 1 saturated heterocycles. The van der Waals surface area contributed by atoms with E-state index < -0.39 is 0 Å². The van der Waals surface area contributed by atoms with Crippen LogP contribution in [0.2, 0.25) is 0 Å². The predicted molar refractivity (Wildman–Crippen MR) is 72.4 cm³/mol. The first kappa shape index (κ1) is 13.1. The van der Waals surface area contributed by atoms with Crippen molar-refractivity contribution in [2.45, 2.75) is 39.2 Å². The maximum absolute atomic E-state index is 9.98. The van der Waals surface area contributed by atoms with E-state index >= 15 is 0 Å². The molecule has 2 atom stereocenters. The highest BCUT2D eigenvalue weighted by molar-refractivity contribution is 5.57. The zero-order valence-electron chi connectivity index (χ0n) is 11.1. The zero-order chi connectivity index (χ0) is 13.1. The van der Waals surface area contributed by atoms with Gasteiger partial charge >= 0.3 is 0 Å². The first-order valence-corrected chi connectivity index (χ1v) is 6.65. The van der Waals surface area contributed by atoms with Gasteiger partial charge in [0.2, 0.25) is 0 Å². The van der Waals surface area contributed by atoms with Gasteiger partial charge in [-0.3, -0.25) is 0 Å². The van der Waals surface area contributed by atoms with E-state index in [0.717, 1.165) is 37.2 Å². The fourth-order valence-electron chi connectivity index (χ4n) is 2.42. The molecule has 0 radical (unpaired) electrons. The lowest BCUT2D eigenvalue weighted by Crippen LogP contribution is -2.43. The number of aromatic nitrogens is 2. The largest absolute Gasteiger partial charge is 0.391 e. The third kappa shape index (κ3) is 2.56. The molecular formula is C13H22N4O. The summed E-state index contributed by atoms with van der Waals surface area (Å²) in [6, 6.07) is 0. The number of rotatable bonds is 3. The predicted octanol–water partition coefficient (Wildman–Crippen LogP) is 1.22. The fourth-order valence-corrected chi connectivity index (χ4v) is 2.42. The van der Waals surface area contributed by atoms with Crippen molar-refractivity contribution in [3.8, 4) is 0 Å². The van der Waals surface area contributed by atoms with Crippen LogP contribution in [0.1, 0.15) is 32.3 Å². The summed E-state index contributed by atoms with van der Waals surface area (Å²) >= 11 is 0. The Morgan fingerprint density at radius 3 is 2.94 bits per heavy atom. The molecule has 1 aliphatic rings. The van der Waals surface area contributed by atoms with E-state index in [1.54, 1.807) is 0 Å². The molecule has 2 rings (SSSR count). The van der Waals surface area contributed by atoms with Crippen LogP contribution >= 0.6 is 0 Å². The van der Waals surface area contributed by atoms with Crippen molar-refractivity contribution in [3.63, 3.8) is 0 Å². The quantitative estimate of drug-likeness (QED) is 0.843. The Bertz CT molecular complexity index is 410. The van der Waals surface area contributed by atoms with Crippen molar-refractivity contribution >= 4 is 11.6 Å². The van der Waals surface area contributed by atoms with Crippen molar-refractivity contribution in [1.29, 1.82) is 0 Å². The SMILES string of the molecule is CCCc1c(N)ncnc1N1CCC(C)C(O)C1. The second kappa shape index (κ2) is 5.52. The third-order valence-electron chi connectivity index (χ3n) is 3.67. The molecule has 0 aromatic carbocycles. The summed E-state index contributed by atoms with van der Waals surface area (Å²) in [6.45, 7) is 5.76. The van der Waals surface area contributed by atoms with Crippen LogP contribution in [0.3, 0.4) is 0 Å². The molecule has 1 aromatic heterocycles. The average molecular weight is 250 g/mol. The van der Waals surface area contributed by atoms with Gasteiger partial charge in [0.15, 0.2) is 0 Å². The minimum Gasteiger partial charge on any atom is -0.391 e. The molecule has 100 valence electrons. The lowest BCUT2D eigenvalue weighted by Gasteiger charge is -2.36. The van der Waals surface area contributed by atoms with Crippen molar-refractivity contribution < 1.29 is 5.11 Å². The number of nitrogens with two attached hydrogens (primary N) is 1. The molecule has 1 fully saturated rings. The number of aliphatic hydroxyl groups is 1. The molecule has 0 spiro atoms. The standard InChI is InChI=1S/C13H22N4O/c1-3-4-10-12(14)15-8-16-13(10)17-6-5-9(2)11(18)7-17/h8-9,11,18H,3-7H2,1-2H3,(H2,14,15,16). The summed E-state index contributed by atoms with van der Waals surface area (Å²) in [5, 5.41) is 9.98. The zero-order valence-corrected chi connectivity index (χ0v) is 11.1. The summed E-state index contributed by atoms with van der Waals surface area (Å²) in [5.74, 6) is 1.82. The third-order valence-corrected chi connectivity index (χ3v) is 3.67. The van der Waals surface area contributed by atoms with Gasteiger partial charge in [0.1, 0.15) is 18.0 Å². The second-order valence-electron chi connectivity index (χ2n) is 5.09. The van der Waals surface area contributed by atoms with Gasteiger partial charge in [-0.25, -0.2) is 9.97 Å². The minimum atomic E-state index is -0.288. The van der Waals surface area contributed by atoms with Crippen molar-refractivity contribution in [1.82, 2.24) is 9.97 Å². The van der Waals surface area contributed by atoms with Gasteiger partial charge in [-0.15, -0.1) is 0 Å². The minimum absolute atomic E-state index is 0.288. The highest BCUT2D eigenvalue weighted by Crippen LogP contribution is 2.27.